The van der Waals surface area contributed by atoms with Gasteiger partial charge in [0.25, 0.3) is 0 Å². The zero-order valence-corrected chi connectivity index (χ0v) is 18.0. The Morgan fingerprint density at radius 3 is 2.38 bits per heavy atom. The Labute approximate surface area is 178 Å². The predicted molar refractivity (Wildman–Crippen MR) is 125 cm³/mol. The molecule has 0 N–H and O–H groups in total. The zero-order valence-electron chi connectivity index (χ0n) is 17.2. The van der Waals surface area contributed by atoms with E-state index < -0.39 is 0 Å². The summed E-state index contributed by atoms with van der Waals surface area (Å²) in [5.74, 6) is 0. The van der Waals surface area contributed by atoms with Crippen LogP contribution < -0.4 is 4.90 Å². The Kier molecular flexibility index (Phi) is 5.84. The van der Waals surface area contributed by atoms with Gasteiger partial charge in [-0.15, -0.1) is 11.3 Å². The van der Waals surface area contributed by atoms with E-state index in [-0.39, 0.29) is 0 Å². The first kappa shape index (κ1) is 19.1. The summed E-state index contributed by atoms with van der Waals surface area (Å²) in [6, 6.07) is 18.0. The molecule has 1 aromatic heterocycles. The van der Waals surface area contributed by atoms with Gasteiger partial charge in [0.15, 0.2) is 0 Å². The molecule has 2 aliphatic rings. The van der Waals surface area contributed by atoms with Crippen molar-refractivity contribution in [2.45, 2.75) is 25.8 Å². The molecule has 2 aromatic carbocycles. The van der Waals surface area contributed by atoms with Crippen molar-refractivity contribution in [1.29, 1.82) is 0 Å². The number of rotatable bonds is 6. The highest BCUT2D eigenvalue weighted by atomic mass is 32.1. The number of fused-ring (bicyclic) bond motifs is 2. The second-order valence-electron chi connectivity index (χ2n) is 8.44. The van der Waals surface area contributed by atoms with Crippen LogP contribution in [0.25, 0.3) is 10.1 Å². The molecule has 0 saturated carbocycles. The molecule has 5 rings (SSSR count). The molecule has 2 aliphatic heterocycles. The maximum Gasteiger partial charge on any atom is 0.0455 e. The first-order valence-corrected chi connectivity index (χ1v) is 12.0. The lowest BCUT2D eigenvalue weighted by Crippen LogP contribution is -2.46. The number of unbranched alkanes of at least 4 members (excludes halogenated alkanes) is 1. The van der Waals surface area contributed by atoms with Crippen LogP contribution in [-0.4, -0.2) is 55.6 Å². The van der Waals surface area contributed by atoms with Crippen LogP contribution in [0.4, 0.5) is 5.69 Å². The molecule has 0 spiro atoms. The van der Waals surface area contributed by atoms with Crippen molar-refractivity contribution in [3.63, 3.8) is 0 Å². The van der Waals surface area contributed by atoms with Crippen LogP contribution in [0.2, 0.25) is 0 Å². The summed E-state index contributed by atoms with van der Waals surface area (Å²) in [6.45, 7) is 9.55. The van der Waals surface area contributed by atoms with E-state index in [0.717, 1.165) is 19.6 Å². The van der Waals surface area contributed by atoms with Gasteiger partial charge in [-0.25, -0.2) is 0 Å². The molecule has 0 bridgehead atoms. The minimum atomic E-state index is 1.14. The highest BCUT2D eigenvalue weighted by Gasteiger charge is 2.19. The summed E-state index contributed by atoms with van der Waals surface area (Å²) in [7, 11) is 0. The summed E-state index contributed by atoms with van der Waals surface area (Å²) in [5, 5.41) is 3.64. The van der Waals surface area contributed by atoms with E-state index in [4.69, 9.17) is 0 Å². The summed E-state index contributed by atoms with van der Waals surface area (Å²) >= 11 is 1.85. The molecular formula is C25H31N3S. The fourth-order valence-corrected chi connectivity index (χ4v) is 5.69. The summed E-state index contributed by atoms with van der Waals surface area (Å²) in [5.41, 5.74) is 4.52. The Hall–Kier alpha value is -1.88. The number of nitrogens with zero attached hydrogens (tertiary/aromatic N) is 3. The number of thiophene rings is 1. The highest BCUT2D eigenvalue weighted by molar-refractivity contribution is 7.17. The zero-order chi connectivity index (χ0) is 19.5. The minimum Gasteiger partial charge on any atom is -0.368 e. The number of anilines is 1. The lowest BCUT2D eigenvalue weighted by atomic mass is 10.00. The molecule has 0 amide bonds. The van der Waals surface area contributed by atoms with E-state index in [1.807, 2.05) is 11.3 Å². The lowest BCUT2D eigenvalue weighted by molar-refractivity contribution is 0.224. The number of hydrogen-bond donors (Lipinski definition) is 0. The minimum absolute atomic E-state index is 1.14. The van der Waals surface area contributed by atoms with Crippen LogP contribution in [0.3, 0.4) is 0 Å². The topological polar surface area (TPSA) is 9.72 Å². The molecule has 0 atom stereocenters. The molecule has 3 aromatic rings. The summed E-state index contributed by atoms with van der Waals surface area (Å²) in [6.07, 6.45) is 3.85. The maximum absolute atomic E-state index is 2.66. The van der Waals surface area contributed by atoms with Crippen LogP contribution in [0.1, 0.15) is 24.0 Å². The standard InChI is InChI=1S/C25H31N3S/c1-2-7-22-20-27(14-10-21(22)6-1)13-4-3-12-26-15-17-28(18-16-26)24-8-5-9-25-23(24)11-19-29-25/h1-2,5-9,11,19H,3-4,10,12-18,20H2. The third kappa shape index (κ3) is 4.35. The van der Waals surface area contributed by atoms with Gasteiger partial charge in [0, 0.05) is 55.0 Å². The van der Waals surface area contributed by atoms with E-state index >= 15 is 0 Å². The van der Waals surface area contributed by atoms with Gasteiger partial charge < -0.3 is 4.90 Å². The van der Waals surface area contributed by atoms with Crippen molar-refractivity contribution < 1.29 is 0 Å². The predicted octanol–water partition coefficient (Wildman–Crippen LogP) is 4.86. The van der Waals surface area contributed by atoms with E-state index in [9.17, 15) is 0 Å². The van der Waals surface area contributed by atoms with E-state index in [2.05, 4.69) is 68.6 Å². The van der Waals surface area contributed by atoms with Crippen LogP contribution in [0, 0.1) is 0 Å². The third-order valence-electron chi connectivity index (χ3n) is 6.59. The van der Waals surface area contributed by atoms with Crippen LogP contribution in [0.15, 0.2) is 53.9 Å². The quantitative estimate of drug-likeness (QED) is 0.542. The fourth-order valence-electron chi connectivity index (χ4n) is 4.88. The van der Waals surface area contributed by atoms with Gasteiger partial charge in [-0.3, -0.25) is 9.80 Å². The number of benzene rings is 2. The molecule has 1 saturated heterocycles. The van der Waals surface area contributed by atoms with Gasteiger partial charge >= 0.3 is 0 Å². The van der Waals surface area contributed by atoms with Crippen molar-refractivity contribution in [3.05, 3.63) is 65.0 Å². The average molecular weight is 406 g/mol. The van der Waals surface area contributed by atoms with Crippen molar-refractivity contribution >= 4 is 27.1 Å². The van der Waals surface area contributed by atoms with E-state index in [1.54, 1.807) is 5.56 Å². The van der Waals surface area contributed by atoms with Crippen LogP contribution in [-0.2, 0) is 13.0 Å². The van der Waals surface area contributed by atoms with E-state index in [0.29, 0.717) is 0 Å². The summed E-state index contributed by atoms with van der Waals surface area (Å²) in [4.78, 5) is 7.88. The van der Waals surface area contributed by atoms with Crippen molar-refractivity contribution in [3.8, 4) is 0 Å². The molecule has 0 radical (unpaired) electrons. The fraction of sp³-hybridized carbons (Fsp3) is 0.440. The first-order chi connectivity index (χ1) is 14.4. The second kappa shape index (κ2) is 8.86. The maximum atomic E-state index is 2.66. The van der Waals surface area contributed by atoms with Crippen molar-refractivity contribution in [2.75, 3.05) is 50.7 Å². The monoisotopic (exact) mass is 405 g/mol. The lowest BCUT2D eigenvalue weighted by Gasteiger charge is -2.36. The first-order valence-electron chi connectivity index (χ1n) is 11.1. The Morgan fingerprint density at radius 2 is 1.52 bits per heavy atom. The van der Waals surface area contributed by atoms with Crippen LogP contribution >= 0.6 is 11.3 Å². The van der Waals surface area contributed by atoms with Gasteiger partial charge in [0.1, 0.15) is 0 Å². The molecule has 3 heterocycles. The second-order valence-corrected chi connectivity index (χ2v) is 9.39. The molecule has 0 aliphatic carbocycles. The smallest absolute Gasteiger partial charge is 0.0455 e. The average Bonchev–Trinajstić information content (AvgIpc) is 3.26. The molecule has 1 fully saturated rings. The molecule has 4 heteroatoms. The van der Waals surface area contributed by atoms with Gasteiger partial charge in [-0.2, -0.15) is 0 Å². The SMILES string of the molecule is c1ccc2c(c1)CCN(CCCCN1CCN(c3cccc4sccc34)CC1)C2. The van der Waals surface area contributed by atoms with Gasteiger partial charge in [-0.05, 0) is 67.1 Å². The van der Waals surface area contributed by atoms with Crippen LogP contribution in [0.5, 0.6) is 0 Å². The van der Waals surface area contributed by atoms with Gasteiger partial charge in [-0.1, -0.05) is 30.3 Å². The molecule has 0 unspecified atom stereocenters. The Morgan fingerprint density at radius 1 is 0.724 bits per heavy atom. The Balaban J connectivity index is 1.05. The molecular weight excluding hydrogens is 374 g/mol. The number of piperazine rings is 1. The van der Waals surface area contributed by atoms with E-state index in [1.165, 1.54) is 73.3 Å². The highest BCUT2D eigenvalue weighted by Crippen LogP contribution is 2.31. The Bertz CT molecular complexity index is 942. The largest absolute Gasteiger partial charge is 0.368 e. The number of hydrogen-bond acceptors (Lipinski definition) is 4. The van der Waals surface area contributed by atoms with Gasteiger partial charge in [0.2, 0.25) is 0 Å². The molecule has 152 valence electrons. The van der Waals surface area contributed by atoms with Crippen molar-refractivity contribution in [1.82, 2.24) is 9.80 Å². The normalized spacial score (nSPS) is 18.3. The van der Waals surface area contributed by atoms with Crippen molar-refractivity contribution in [2.24, 2.45) is 0 Å². The molecule has 3 nitrogen and oxygen atoms in total. The van der Waals surface area contributed by atoms with Gasteiger partial charge in [0.05, 0.1) is 0 Å². The molecule has 29 heavy (non-hydrogen) atoms. The summed E-state index contributed by atoms with van der Waals surface area (Å²) < 4.78 is 1.41. The third-order valence-corrected chi connectivity index (χ3v) is 7.48.